The smallest absolute Gasteiger partial charge is 0.472 e. The van der Waals surface area contributed by atoms with Gasteiger partial charge in [0.1, 0.15) is 13.2 Å². The van der Waals surface area contributed by atoms with Gasteiger partial charge in [-0.15, -0.1) is 0 Å². The number of hydrogen-bond acceptors (Lipinski definition) is 6. The van der Waals surface area contributed by atoms with Gasteiger partial charge in [0.05, 0.1) is 33.7 Å². The van der Waals surface area contributed by atoms with E-state index in [1.165, 1.54) is 0 Å². The Bertz CT molecular complexity index is 517. The van der Waals surface area contributed by atoms with Crippen molar-refractivity contribution in [3.8, 4) is 0 Å². The van der Waals surface area contributed by atoms with Crippen LogP contribution in [0.1, 0.15) is 27.7 Å². The highest BCUT2D eigenvalue weighted by atomic mass is 31.2. The van der Waals surface area contributed by atoms with Crippen LogP contribution in [0, 0.1) is 5.41 Å². The molecule has 0 heterocycles. The zero-order chi connectivity index (χ0) is 20.5. The molecule has 0 saturated carbocycles. The van der Waals surface area contributed by atoms with Crippen molar-refractivity contribution in [1.29, 1.82) is 0 Å². The van der Waals surface area contributed by atoms with Crippen LogP contribution in [0.4, 0.5) is 0 Å². The third kappa shape index (κ3) is 16.0. The Morgan fingerprint density at radius 1 is 1.20 bits per heavy atom. The van der Waals surface area contributed by atoms with E-state index in [0.29, 0.717) is 17.1 Å². The van der Waals surface area contributed by atoms with Crippen molar-refractivity contribution in [2.24, 2.45) is 5.41 Å². The summed E-state index contributed by atoms with van der Waals surface area (Å²) in [7, 11) is 2.15. The molecule has 0 radical (unpaired) electrons. The minimum absolute atomic E-state index is 0.164. The minimum atomic E-state index is -3.79. The van der Waals surface area contributed by atoms with Gasteiger partial charge in [0.25, 0.3) is 0 Å². The summed E-state index contributed by atoms with van der Waals surface area (Å²) < 4.78 is 20.9. The van der Waals surface area contributed by atoms with Crippen LogP contribution in [0.15, 0.2) is 11.6 Å². The normalized spacial score (nSPS) is 15.0. The molecule has 0 rings (SSSR count). The van der Waals surface area contributed by atoms with Crippen LogP contribution in [0.25, 0.3) is 0 Å². The predicted octanol–water partition coefficient (Wildman–Crippen LogP) is 0.640. The lowest BCUT2D eigenvalue weighted by atomic mass is 9.86. The number of aliphatic carboxylic acids is 2. The van der Waals surface area contributed by atoms with Gasteiger partial charge in [-0.1, -0.05) is 20.8 Å². The summed E-state index contributed by atoms with van der Waals surface area (Å²) in [6.07, 6.45) is 0.613. The summed E-state index contributed by atoms with van der Waals surface area (Å²) in [4.78, 5) is 29.6. The van der Waals surface area contributed by atoms with Crippen molar-refractivity contribution in [3.05, 3.63) is 11.6 Å². The molecule has 148 valence electrons. The molecule has 0 aliphatic heterocycles. The summed E-state index contributed by atoms with van der Waals surface area (Å²) in [5.74, 6) is -2.71. The molecular formula is C15H30NO8P. The highest BCUT2D eigenvalue weighted by Crippen LogP contribution is 2.42. The highest BCUT2D eigenvalue weighted by Gasteiger charge is 2.23. The molecule has 9 nitrogen and oxygen atoms in total. The first-order valence-electron chi connectivity index (χ1n) is 7.60. The molecular weight excluding hydrogens is 353 g/mol. The lowest BCUT2D eigenvalue weighted by Gasteiger charge is -2.23. The van der Waals surface area contributed by atoms with E-state index in [9.17, 15) is 19.3 Å². The lowest BCUT2D eigenvalue weighted by Crippen LogP contribution is -2.37. The van der Waals surface area contributed by atoms with Crippen molar-refractivity contribution in [1.82, 2.24) is 0 Å². The fourth-order valence-corrected chi connectivity index (χ4v) is 2.06. The number of phosphoric acid groups is 1. The number of phosphoric ester groups is 1. The maximum atomic E-state index is 11.0. The molecule has 0 spiro atoms. The topological polar surface area (TPSA) is 133 Å². The number of carbonyl (C=O) groups excluding carboxylic acids is 1. The zero-order valence-corrected chi connectivity index (χ0v) is 16.8. The third-order valence-electron chi connectivity index (χ3n) is 2.61. The Labute approximate surface area is 149 Å². The van der Waals surface area contributed by atoms with Crippen molar-refractivity contribution >= 4 is 19.8 Å². The molecule has 0 amide bonds. The molecule has 0 saturated heterocycles. The van der Waals surface area contributed by atoms with Gasteiger partial charge in [-0.2, -0.15) is 0 Å². The van der Waals surface area contributed by atoms with Crippen LogP contribution in [0.5, 0.6) is 0 Å². The summed E-state index contributed by atoms with van der Waals surface area (Å²) >= 11 is 0. The van der Waals surface area contributed by atoms with E-state index in [0.717, 1.165) is 0 Å². The fourth-order valence-electron chi connectivity index (χ4n) is 1.35. The fraction of sp³-hybridized carbons (Fsp3) is 0.733. The molecule has 0 aromatic heterocycles. The number of quaternary nitrogens is 1. The molecule has 0 bridgehead atoms. The largest absolute Gasteiger partial charge is 0.545 e. The number of hydrogen-bond donors (Lipinski definition) is 2. The molecule has 1 atom stereocenters. The van der Waals surface area contributed by atoms with Gasteiger partial charge in [0.2, 0.25) is 0 Å². The molecule has 25 heavy (non-hydrogen) atoms. The standard InChI is InChI=1S/C8H12O4.C7H18NO4P/c1-8(2,3)5(7(11)12)4-6(9)10;1-5-11-13(9,10)12-7-6-8(2,3)4/h4H,1-3H3,(H,9,10)(H,11,12);5-7H2,1-4H3/b5-4-;. The first kappa shape index (κ1) is 26.0. The average Bonchev–Trinajstić information content (AvgIpc) is 2.32. The van der Waals surface area contributed by atoms with Gasteiger partial charge in [0.15, 0.2) is 0 Å². The average molecular weight is 383 g/mol. The first-order valence-corrected chi connectivity index (χ1v) is 9.10. The van der Waals surface area contributed by atoms with Crippen LogP contribution in [-0.4, -0.2) is 67.3 Å². The van der Waals surface area contributed by atoms with Gasteiger partial charge >= 0.3 is 13.8 Å². The van der Waals surface area contributed by atoms with E-state index in [1.807, 2.05) is 21.1 Å². The molecule has 0 aliphatic carbocycles. The summed E-state index contributed by atoms with van der Waals surface area (Å²) in [6, 6.07) is 0. The van der Waals surface area contributed by atoms with Gasteiger partial charge < -0.3 is 24.4 Å². The Hall–Kier alpha value is -1.25. The van der Waals surface area contributed by atoms with Crippen molar-refractivity contribution in [2.45, 2.75) is 27.7 Å². The molecule has 10 heteroatoms. The van der Waals surface area contributed by atoms with Gasteiger partial charge in [-0.25, -0.2) is 9.36 Å². The van der Waals surface area contributed by atoms with Gasteiger partial charge in [-0.3, -0.25) is 9.05 Å². The van der Waals surface area contributed by atoms with Crippen molar-refractivity contribution < 1.29 is 42.8 Å². The van der Waals surface area contributed by atoms with Crippen LogP contribution in [0.3, 0.4) is 0 Å². The second-order valence-electron chi connectivity index (χ2n) is 7.17. The van der Waals surface area contributed by atoms with Crippen molar-refractivity contribution in [3.63, 3.8) is 0 Å². The molecule has 0 aromatic carbocycles. The number of carboxylic acids is 2. The predicted molar refractivity (Wildman–Crippen MR) is 90.5 cm³/mol. The highest BCUT2D eigenvalue weighted by molar-refractivity contribution is 7.47. The van der Waals surface area contributed by atoms with E-state index in [-0.39, 0.29) is 18.8 Å². The molecule has 0 fully saturated rings. The Morgan fingerprint density at radius 2 is 1.68 bits per heavy atom. The Balaban J connectivity index is 0. The Morgan fingerprint density at radius 3 is 1.92 bits per heavy atom. The number of carbonyl (C=O) groups is 2. The van der Waals surface area contributed by atoms with E-state index in [1.54, 1.807) is 27.7 Å². The second kappa shape index (κ2) is 10.7. The molecule has 0 aromatic rings. The van der Waals surface area contributed by atoms with Crippen LogP contribution in [-0.2, 0) is 23.2 Å². The summed E-state index contributed by atoms with van der Waals surface area (Å²) in [5.41, 5.74) is -0.853. The van der Waals surface area contributed by atoms with Crippen LogP contribution in [0.2, 0.25) is 0 Å². The number of likely N-dealkylation sites (N-methyl/N-ethyl adjacent to an activating group) is 1. The first-order chi connectivity index (χ1) is 11.0. The van der Waals surface area contributed by atoms with Crippen molar-refractivity contribution in [2.75, 3.05) is 40.9 Å². The molecule has 2 N–H and O–H groups in total. The van der Waals surface area contributed by atoms with Crippen LogP contribution >= 0.6 is 7.82 Å². The second-order valence-corrected chi connectivity index (χ2v) is 8.62. The van der Waals surface area contributed by atoms with E-state index in [2.05, 4.69) is 4.52 Å². The summed E-state index contributed by atoms with van der Waals surface area (Å²) in [6.45, 7) is 7.57. The minimum Gasteiger partial charge on any atom is -0.545 e. The van der Waals surface area contributed by atoms with Crippen LogP contribution < -0.4 is 5.11 Å². The van der Waals surface area contributed by atoms with Gasteiger partial charge in [-0.05, 0) is 18.4 Å². The lowest BCUT2D eigenvalue weighted by molar-refractivity contribution is -0.870. The molecule has 1 unspecified atom stereocenters. The SMILES string of the molecule is CC(C)(C)/C(=C\C(=O)[O-])C(=O)O.CCOP(=O)(O)OCC[N+](C)(C)C. The number of rotatable bonds is 8. The number of carboxylic acid groups (broad SMARTS) is 2. The quantitative estimate of drug-likeness (QED) is 0.354. The van der Waals surface area contributed by atoms with E-state index in [4.69, 9.17) is 14.5 Å². The maximum absolute atomic E-state index is 11.0. The monoisotopic (exact) mass is 383 g/mol. The zero-order valence-electron chi connectivity index (χ0n) is 15.9. The van der Waals surface area contributed by atoms with E-state index < -0.39 is 25.2 Å². The molecule has 0 aliphatic rings. The van der Waals surface area contributed by atoms with E-state index >= 15 is 0 Å². The Kier molecular flexibility index (Phi) is 11.1. The summed E-state index contributed by atoms with van der Waals surface area (Å²) in [5, 5.41) is 18.7. The number of nitrogens with zero attached hydrogens (tertiary/aromatic N) is 1. The van der Waals surface area contributed by atoms with Gasteiger partial charge in [0, 0.05) is 5.57 Å². The maximum Gasteiger partial charge on any atom is 0.472 e. The third-order valence-corrected chi connectivity index (χ3v) is 3.70.